The summed E-state index contributed by atoms with van der Waals surface area (Å²) in [4.78, 5) is 7.45. The molecule has 0 aliphatic heterocycles. The topological polar surface area (TPSA) is 75.9 Å². The Morgan fingerprint density at radius 3 is 2.44 bits per heavy atom. The van der Waals surface area contributed by atoms with Gasteiger partial charge in [0.05, 0.1) is 12.1 Å². The van der Waals surface area contributed by atoms with Gasteiger partial charge in [-0.2, -0.15) is 0 Å². The molecule has 25 heavy (non-hydrogen) atoms. The van der Waals surface area contributed by atoms with Gasteiger partial charge < -0.3 is 16.4 Å². The highest BCUT2D eigenvalue weighted by molar-refractivity contribution is 6.31. The maximum Gasteiger partial charge on any atom is 0.266 e. The third kappa shape index (κ3) is 5.49. The quantitative estimate of drug-likeness (QED) is 0.628. The van der Waals surface area contributed by atoms with Crippen molar-refractivity contribution in [1.82, 2.24) is 9.97 Å². The van der Waals surface area contributed by atoms with E-state index in [2.05, 4.69) is 20.6 Å². The van der Waals surface area contributed by atoms with Crippen molar-refractivity contribution >= 4 is 23.2 Å². The molecule has 2 aromatic rings. The Labute approximate surface area is 145 Å². The Kier molecular flexibility index (Phi) is 6.40. The van der Waals surface area contributed by atoms with Crippen molar-refractivity contribution < 1.29 is 17.6 Å². The second-order valence-corrected chi connectivity index (χ2v) is 5.30. The predicted molar refractivity (Wildman–Crippen MR) is 87.8 cm³/mol. The summed E-state index contributed by atoms with van der Waals surface area (Å²) in [6.45, 7) is 0.121. The number of nitrogens with zero attached hydrogens (tertiary/aromatic N) is 2. The molecule has 0 saturated heterocycles. The second-order valence-electron chi connectivity index (χ2n) is 4.89. The Bertz CT molecular complexity index is 737. The third-order valence-electron chi connectivity index (χ3n) is 3.03. The van der Waals surface area contributed by atoms with Crippen LogP contribution < -0.4 is 16.4 Å². The molecule has 0 aliphatic rings. The fraction of sp³-hybridized carbons (Fsp3) is 0.200. The summed E-state index contributed by atoms with van der Waals surface area (Å²) >= 11 is 5.68. The summed E-state index contributed by atoms with van der Waals surface area (Å²) < 4.78 is 50.3. The SMILES string of the molecule is N/C(=C\Nc1ccc(Cl)c(C(F)F)c1)CNc1ncc(C(F)F)cn1. The monoisotopic (exact) mass is 375 g/mol. The van der Waals surface area contributed by atoms with E-state index in [1.165, 1.54) is 24.4 Å². The lowest BCUT2D eigenvalue weighted by molar-refractivity contribution is 0.150. The summed E-state index contributed by atoms with van der Waals surface area (Å²) in [5.41, 5.74) is 5.89. The number of anilines is 2. The van der Waals surface area contributed by atoms with Crippen molar-refractivity contribution in [2.45, 2.75) is 12.9 Å². The summed E-state index contributed by atoms with van der Waals surface area (Å²) in [6.07, 6.45) is -1.90. The van der Waals surface area contributed by atoms with E-state index >= 15 is 0 Å². The normalized spacial score (nSPS) is 11.9. The van der Waals surface area contributed by atoms with Gasteiger partial charge in [0.25, 0.3) is 12.9 Å². The van der Waals surface area contributed by atoms with Crippen LogP contribution in [0.1, 0.15) is 24.0 Å². The number of nitrogens with two attached hydrogens (primary N) is 1. The van der Waals surface area contributed by atoms with Gasteiger partial charge in [0.1, 0.15) is 0 Å². The Morgan fingerprint density at radius 1 is 1.16 bits per heavy atom. The van der Waals surface area contributed by atoms with Crippen LogP contribution in [0, 0.1) is 0 Å². The molecule has 0 unspecified atom stereocenters. The van der Waals surface area contributed by atoms with E-state index < -0.39 is 12.9 Å². The van der Waals surface area contributed by atoms with E-state index in [0.717, 1.165) is 12.4 Å². The molecule has 0 fully saturated rings. The van der Waals surface area contributed by atoms with Gasteiger partial charge in [-0.3, -0.25) is 0 Å². The molecule has 10 heteroatoms. The fourth-order valence-electron chi connectivity index (χ4n) is 1.75. The van der Waals surface area contributed by atoms with E-state index in [1.807, 2.05) is 0 Å². The van der Waals surface area contributed by atoms with Crippen molar-refractivity contribution in [1.29, 1.82) is 0 Å². The van der Waals surface area contributed by atoms with Crippen LogP contribution in [-0.2, 0) is 0 Å². The standard InChI is InChI=1S/C15H14ClF4N5/c16-12-2-1-10(3-11(12)14(19)20)22-6-9(21)7-25-15-23-4-8(5-24-15)13(17)18/h1-6,13-14,22H,7,21H2,(H,23,24,25)/b9-6-. The summed E-state index contributed by atoms with van der Waals surface area (Å²) in [5, 5.41) is 5.49. The average molecular weight is 376 g/mol. The Morgan fingerprint density at radius 2 is 1.84 bits per heavy atom. The number of aromatic nitrogens is 2. The van der Waals surface area contributed by atoms with Gasteiger partial charge in [-0.15, -0.1) is 0 Å². The molecular weight excluding hydrogens is 362 g/mol. The van der Waals surface area contributed by atoms with Gasteiger partial charge in [0.2, 0.25) is 5.95 Å². The van der Waals surface area contributed by atoms with Crippen LogP contribution in [0.25, 0.3) is 0 Å². The molecule has 0 spiro atoms. The first-order valence-corrected chi connectivity index (χ1v) is 7.37. The summed E-state index contributed by atoms with van der Waals surface area (Å²) in [6, 6.07) is 4.10. The number of hydrogen-bond donors (Lipinski definition) is 3. The van der Waals surface area contributed by atoms with Gasteiger partial charge in [0, 0.05) is 40.6 Å². The van der Waals surface area contributed by atoms with Crippen molar-refractivity contribution in [2.75, 3.05) is 17.2 Å². The average Bonchev–Trinajstić information content (AvgIpc) is 2.59. The first-order valence-electron chi connectivity index (χ1n) is 6.99. The molecule has 2 rings (SSSR count). The fourth-order valence-corrected chi connectivity index (χ4v) is 1.95. The predicted octanol–water partition coefficient (Wildman–Crippen LogP) is 4.33. The highest BCUT2D eigenvalue weighted by atomic mass is 35.5. The Balaban J connectivity index is 1.92. The van der Waals surface area contributed by atoms with Gasteiger partial charge in [-0.05, 0) is 18.2 Å². The molecule has 0 aliphatic carbocycles. The highest BCUT2D eigenvalue weighted by Crippen LogP contribution is 2.29. The Hall–Kier alpha value is -2.55. The van der Waals surface area contributed by atoms with E-state index in [-0.39, 0.29) is 28.6 Å². The molecule has 0 bridgehead atoms. The molecular formula is C15H14ClF4N5. The van der Waals surface area contributed by atoms with Crippen molar-refractivity contribution in [2.24, 2.45) is 5.73 Å². The van der Waals surface area contributed by atoms with E-state index in [4.69, 9.17) is 17.3 Å². The van der Waals surface area contributed by atoms with Crippen LogP contribution >= 0.6 is 11.6 Å². The lowest BCUT2D eigenvalue weighted by atomic mass is 10.2. The van der Waals surface area contributed by atoms with Crippen molar-refractivity contribution in [3.8, 4) is 0 Å². The molecule has 0 amide bonds. The van der Waals surface area contributed by atoms with E-state index in [0.29, 0.717) is 11.4 Å². The van der Waals surface area contributed by atoms with Crippen LogP contribution in [-0.4, -0.2) is 16.5 Å². The van der Waals surface area contributed by atoms with Crippen LogP contribution in [0.2, 0.25) is 5.02 Å². The van der Waals surface area contributed by atoms with Crippen LogP contribution in [0.4, 0.5) is 29.2 Å². The lowest BCUT2D eigenvalue weighted by Crippen LogP contribution is -2.14. The first-order chi connectivity index (χ1) is 11.9. The van der Waals surface area contributed by atoms with Crippen molar-refractivity contribution in [3.05, 3.63) is 58.6 Å². The minimum absolute atomic E-state index is 0.0245. The number of nitrogens with one attached hydrogen (secondary N) is 2. The molecule has 1 aromatic carbocycles. The minimum atomic E-state index is -2.69. The number of benzene rings is 1. The molecule has 5 nitrogen and oxygen atoms in total. The molecule has 0 radical (unpaired) electrons. The van der Waals surface area contributed by atoms with Crippen molar-refractivity contribution in [3.63, 3.8) is 0 Å². The first kappa shape index (κ1) is 18.8. The lowest BCUT2D eigenvalue weighted by Gasteiger charge is -2.09. The maximum absolute atomic E-state index is 12.8. The smallest absolute Gasteiger partial charge is 0.266 e. The summed E-state index contributed by atoms with van der Waals surface area (Å²) in [7, 11) is 0. The number of rotatable bonds is 7. The molecule has 0 atom stereocenters. The largest absolute Gasteiger partial charge is 0.399 e. The third-order valence-corrected chi connectivity index (χ3v) is 3.37. The zero-order valence-electron chi connectivity index (χ0n) is 12.7. The number of alkyl halides is 4. The van der Waals surface area contributed by atoms with E-state index in [9.17, 15) is 17.6 Å². The molecule has 134 valence electrons. The van der Waals surface area contributed by atoms with Gasteiger partial charge in [0.15, 0.2) is 0 Å². The van der Waals surface area contributed by atoms with Crippen LogP contribution in [0.5, 0.6) is 0 Å². The molecule has 1 heterocycles. The minimum Gasteiger partial charge on any atom is -0.399 e. The number of halogens is 5. The molecule has 4 N–H and O–H groups in total. The molecule has 0 saturated carbocycles. The van der Waals surface area contributed by atoms with Gasteiger partial charge >= 0.3 is 0 Å². The van der Waals surface area contributed by atoms with E-state index in [1.54, 1.807) is 0 Å². The summed E-state index contributed by atoms with van der Waals surface area (Å²) in [5.74, 6) is 0.132. The number of hydrogen-bond acceptors (Lipinski definition) is 5. The van der Waals surface area contributed by atoms with Gasteiger partial charge in [-0.25, -0.2) is 27.5 Å². The van der Waals surface area contributed by atoms with Crippen LogP contribution in [0.3, 0.4) is 0 Å². The highest BCUT2D eigenvalue weighted by Gasteiger charge is 2.12. The van der Waals surface area contributed by atoms with Crippen LogP contribution in [0.15, 0.2) is 42.5 Å². The zero-order chi connectivity index (χ0) is 18.4. The maximum atomic E-state index is 12.8. The van der Waals surface area contributed by atoms with Gasteiger partial charge in [-0.1, -0.05) is 11.6 Å². The second kappa shape index (κ2) is 8.52. The zero-order valence-corrected chi connectivity index (χ0v) is 13.4. The molecule has 1 aromatic heterocycles.